The van der Waals surface area contributed by atoms with Crippen LogP contribution in [0, 0.1) is 11.5 Å². The van der Waals surface area contributed by atoms with E-state index in [0.29, 0.717) is 11.3 Å². The molecule has 0 aliphatic carbocycles. The zero-order chi connectivity index (χ0) is 14.2. The Hall–Kier alpha value is -2.16. The Bertz CT molecular complexity index is 646. The van der Waals surface area contributed by atoms with Gasteiger partial charge in [0.05, 0.1) is 5.56 Å². The molecule has 1 aromatic rings. The van der Waals surface area contributed by atoms with E-state index in [0.717, 1.165) is 0 Å². The topological polar surface area (TPSA) is 61.2 Å². The Morgan fingerprint density at radius 2 is 2.05 bits per heavy atom. The maximum Gasteiger partial charge on any atom is 0.443 e. The third-order valence-corrected chi connectivity index (χ3v) is 3.19. The van der Waals surface area contributed by atoms with E-state index >= 15 is 0 Å². The van der Waals surface area contributed by atoms with Gasteiger partial charge in [-0.15, -0.1) is 5.26 Å². The van der Waals surface area contributed by atoms with Crippen LogP contribution >= 0.6 is 11.6 Å². The molecule has 0 saturated carbocycles. The van der Waals surface area contributed by atoms with Crippen LogP contribution in [0.5, 0.6) is 0 Å². The van der Waals surface area contributed by atoms with E-state index in [1.807, 2.05) is 6.19 Å². The second-order valence-electron chi connectivity index (χ2n) is 4.33. The predicted molar refractivity (Wildman–Crippen MR) is 72.1 cm³/mol. The van der Waals surface area contributed by atoms with Gasteiger partial charge in [0.2, 0.25) is 0 Å². The van der Waals surface area contributed by atoms with E-state index in [2.05, 4.69) is 0 Å². The quantitative estimate of drug-likeness (QED) is 0.450. The number of quaternary nitrogens is 1. The predicted octanol–water partition coefficient (Wildman–Crippen LogP) is 2.52. The molecule has 1 atom stereocenters. The summed E-state index contributed by atoms with van der Waals surface area (Å²) in [6.07, 6.45) is 5.02. The maximum atomic E-state index is 12.2. The molecule has 1 aliphatic heterocycles. The van der Waals surface area contributed by atoms with E-state index in [9.17, 15) is 14.9 Å². The summed E-state index contributed by atoms with van der Waals surface area (Å²) in [6, 6.07) is 4.41. The summed E-state index contributed by atoms with van der Waals surface area (Å²) in [5.74, 6) is 0. The number of nitriles is 1. The van der Waals surface area contributed by atoms with Crippen LogP contribution in [0.1, 0.15) is 15.9 Å². The smallest absolute Gasteiger partial charge is 0.297 e. The molecule has 0 N–H and O–H groups in total. The van der Waals surface area contributed by atoms with Gasteiger partial charge in [-0.2, -0.15) is 0 Å². The molecule has 5 nitrogen and oxygen atoms in total. The second-order valence-corrected chi connectivity index (χ2v) is 4.67. The van der Waals surface area contributed by atoms with Crippen molar-refractivity contribution in [2.24, 2.45) is 0 Å². The Balaban J connectivity index is 2.69. The average molecular weight is 277 g/mol. The fourth-order valence-electron chi connectivity index (χ4n) is 2.09. The van der Waals surface area contributed by atoms with Crippen LogP contribution in [0.2, 0.25) is 0 Å². The van der Waals surface area contributed by atoms with Crippen LogP contribution in [0.25, 0.3) is 6.08 Å². The Labute approximate surface area is 115 Å². The first-order valence-corrected chi connectivity index (χ1v) is 5.86. The third kappa shape index (κ3) is 1.82. The highest BCUT2D eigenvalue weighted by atomic mass is 35.5. The molecule has 0 radical (unpaired) electrons. The molecule has 2 amide bonds. The number of benzene rings is 1. The lowest BCUT2D eigenvalue weighted by Crippen LogP contribution is -2.49. The molecule has 1 heterocycles. The number of hydrogen-bond donors (Lipinski definition) is 0. The van der Waals surface area contributed by atoms with Gasteiger partial charge < -0.3 is 0 Å². The summed E-state index contributed by atoms with van der Waals surface area (Å²) in [4.78, 5) is 24.9. The van der Waals surface area contributed by atoms with E-state index in [1.165, 1.54) is 11.1 Å². The summed E-state index contributed by atoms with van der Waals surface area (Å²) in [5, 5.41) is 8.80. The molecule has 0 spiro atoms. The minimum absolute atomic E-state index is 0.289. The molecule has 19 heavy (non-hydrogen) atoms. The molecule has 0 bridgehead atoms. The highest BCUT2D eigenvalue weighted by Crippen LogP contribution is 2.38. The number of fused-ring (bicyclic) bond motifs is 1. The van der Waals surface area contributed by atoms with Gasteiger partial charge in [-0.1, -0.05) is 10.5 Å². The van der Waals surface area contributed by atoms with Crippen molar-refractivity contribution in [2.45, 2.75) is 0 Å². The summed E-state index contributed by atoms with van der Waals surface area (Å²) >= 11 is 5.51. The van der Waals surface area contributed by atoms with Crippen LogP contribution in [0.3, 0.4) is 0 Å². The van der Waals surface area contributed by atoms with Crippen LogP contribution in [-0.2, 0) is 0 Å². The number of nitrogens with zero attached hydrogens (tertiary/aromatic N) is 3. The monoisotopic (exact) mass is 276 g/mol. The first-order valence-electron chi connectivity index (χ1n) is 5.48. The Morgan fingerprint density at radius 1 is 1.37 bits per heavy atom. The fourth-order valence-corrected chi connectivity index (χ4v) is 2.25. The zero-order valence-electron chi connectivity index (χ0n) is 10.4. The van der Waals surface area contributed by atoms with Gasteiger partial charge in [-0.25, -0.2) is 4.79 Å². The minimum Gasteiger partial charge on any atom is -0.297 e. The van der Waals surface area contributed by atoms with Gasteiger partial charge in [0, 0.05) is 31.8 Å². The van der Waals surface area contributed by atoms with E-state index in [1.54, 1.807) is 38.4 Å². The molecule has 6 heteroatoms. The number of rotatable bonds is 1. The Morgan fingerprint density at radius 3 is 2.58 bits per heavy atom. The second kappa shape index (κ2) is 4.50. The third-order valence-electron chi connectivity index (χ3n) is 2.98. The number of amides is 2. The van der Waals surface area contributed by atoms with Gasteiger partial charge in [0.15, 0.2) is 5.69 Å². The van der Waals surface area contributed by atoms with Crippen LogP contribution in [-0.4, -0.2) is 30.3 Å². The highest BCUT2D eigenvalue weighted by Gasteiger charge is 2.46. The average Bonchev–Trinajstić information content (AvgIpc) is 2.77. The van der Waals surface area contributed by atoms with E-state index in [-0.39, 0.29) is 5.56 Å². The zero-order valence-corrected chi connectivity index (χ0v) is 11.2. The van der Waals surface area contributed by atoms with Gasteiger partial charge in [0.25, 0.3) is 5.24 Å². The molecule has 0 aromatic heterocycles. The molecule has 2 rings (SSSR count). The van der Waals surface area contributed by atoms with Gasteiger partial charge in [-0.3, -0.25) is 9.69 Å². The summed E-state index contributed by atoms with van der Waals surface area (Å²) in [7, 11) is 3.14. The highest BCUT2D eigenvalue weighted by molar-refractivity contribution is 6.68. The van der Waals surface area contributed by atoms with Crippen molar-refractivity contribution in [1.29, 1.82) is 5.26 Å². The molecule has 0 saturated heterocycles. The van der Waals surface area contributed by atoms with Crippen molar-refractivity contribution < 1.29 is 9.59 Å². The summed E-state index contributed by atoms with van der Waals surface area (Å²) in [5.41, 5.74) is 1.24. The number of urea groups is 1. The standard InChI is InChI=1S/C13H11ClN3O2/c1-16(2)13(19)17(8-15)7-6-9-10(12(14)18)4-3-5-11(9)17/h3-7H,1-2H3/q+1. The summed E-state index contributed by atoms with van der Waals surface area (Å²) < 4.78 is -0.611. The molecule has 1 unspecified atom stereocenters. The van der Waals surface area contributed by atoms with Crippen molar-refractivity contribution in [1.82, 2.24) is 9.38 Å². The molecule has 1 aromatic carbocycles. The first kappa shape index (κ1) is 13.3. The van der Waals surface area contributed by atoms with Gasteiger partial charge in [0.1, 0.15) is 6.20 Å². The van der Waals surface area contributed by atoms with Crippen molar-refractivity contribution in [3.05, 3.63) is 35.5 Å². The number of carbonyl (C=O) groups excluding carboxylic acids is 2. The number of hydrogen-bond acceptors (Lipinski definition) is 3. The lowest BCUT2D eigenvalue weighted by atomic mass is 10.1. The number of carbonyl (C=O) groups is 2. The summed E-state index contributed by atoms with van der Waals surface area (Å²) in [6.45, 7) is 0. The van der Waals surface area contributed by atoms with Crippen molar-refractivity contribution in [3.8, 4) is 6.19 Å². The lowest BCUT2D eigenvalue weighted by molar-refractivity contribution is 0.108. The SMILES string of the molecule is CN(C)C(=O)[N+]1(C#N)C=Cc2c(C(=O)Cl)cccc21. The van der Waals surface area contributed by atoms with Crippen molar-refractivity contribution in [2.75, 3.05) is 14.1 Å². The molecular weight excluding hydrogens is 266 g/mol. The maximum absolute atomic E-state index is 12.2. The molecule has 0 fully saturated rings. The van der Waals surface area contributed by atoms with Crippen LogP contribution < -0.4 is 4.48 Å². The van der Waals surface area contributed by atoms with Crippen molar-refractivity contribution >= 4 is 34.6 Å². The van der Waals surface area contributed by atoms with Crippen LogP contribution in [0.15, 0.2) is 24.4 Å². The Kier molecular flexibility index (Phi) is 3.14. The van der Waals surface area contributed by atoms with Gasteiger partial charge in [-0.05, 0) is 17.7 Å². The van der Waals surface area contributed by atoms with E-state index < -0.39 is 15.8 Å². The minimum atomic E-state index is -0.614. The van der Waals surface area contributed by atoms with Gasteiger partial charge >= 0.3 is 12.2 Å². The van der Waals surface area contributed by atoms with Crippen LogP contribution in [0.4, 0.5) is 10.5 Å². The van der Waals surface area contributed by atoms with Crippen molar-refractivity contribution in [3.63, 3.8) is 0 Å². The molecular formula is C13H11ClN3O2+. The fraction of sp³-hybridized carbons (Fsp3) is 0.154. The lowest BCUT2D eigenvalue weighted by Gasteiger charge is -2.22. The normalized spacial score (nSPS) is 19.7. The van der Waals surface area contributed by atoms with E-state index in [4.69, 9.17) is 11.6 Å². The molecule has 96 valence electrons. The largest absolute Gasteiger partial charge is 0.443 e. The first-order chi connectivity index (χ1) is 8.94. The molecule has 1 aliphatic rings. The number of halogens is 1.